The smallest absolute Gasteiger partial charge is 0.337 e. The number of carboxylic acids is 1. The van der Waals surface area contributed by atoms with Crippen LogP contribution in [0.1, 0.15) is 15.9 Å². The van der Waals surface area contributed by atoms with Crippen molar-refractivity contribution in [2.24, 2.45) is 0 Å². The van der Waals surface area contributed by atoms with Crippen LogP contribution in [0.15, 0.2) is 53.0 Å². The Balaban J connectivity index is 1.74. The number of rotatable bonds is 4. The van der Waals surface area contributed by atoms with Crippen LogP contribution >= 0.6 is 23.1 Å². The summed E-state index contributed by atoms with van der Waals surface area (Å²) in [6.07, 6.45) is 1.40. The van der Waals surface area contributed by atoms with Crippen molar-refractivity contribution in [3.63, 3.8) is 0 Å². The Morgan fingerprint density at radius 2 is 2.10 bits per heavy atom. The van der Waals surface area contributed by atoms with Gasteiger partial charge in [0.1, 0.15) is 0 Å². The molecule has 0 spiro atoms. The molecule has 0 radical (unpaired) electrons. The van der Waals surface area contributed by atoms with Crippen LogP contribution in [0.5, 0.6) is 0 Å². The van der Waals surface area contributed by atoms with Crippen LogP contribution in [0.3, 0.4) is 0 Å². The van der Waals surface area contributed by atoms with Crippen LogP contribution < -0.4 is 0 Å². The van der Waals surface area contributed by atoms with Crippen molar-refractivity contribution in [3.8, 4) is 0 Å². The lowest BCUT2D eigenvalue weighted by Crippen LogP contribution is -1.96. The SMILES string of the molecule is O=C(O)c1ccc(SCc2csc3ccccc23)nc1. The fourth-order valence-electron chi connectivity index (χ4n) is 1.89. The van der Waals surface area contributed by atoms with E-state index in [1.54, 1.807) is 35.2 Å². The van der Waals surface area contributed by atoms with Gasteiger partial charge in [0.25, 0.3) is 0 Å². The van der Waals surface area contributed by atoms with Crippen molar-refractivity contribution in [2.45, 2.75) is 10.8 Å². The summed E-state index contributed by atoms with van der Waals surface area (Å²) < 4.78 is 1.29. The molecule has 0 unspecified atom stereocenters. The molecule has 1 aromatic carbocycles. The van der Waals surface area contributed by atoms with Crippen molar-refractivity contribution < 1.29 is 9.90 Å². The van der Waals surface area contributed by atoms with Crippen molar-refractivity contribution in [2.75, 3.05) is 0 Å². The number of thiophene rings is 1. The zero-order valence-electron chi connectivity index (χ0n) is 10.4. The minimum absolute atomic E-state index is 0.218. The van der Waals surface area contributed by atoms with E-state index in [9.17, 15) is 4.79 Å². The highest BCUT2D eigenvalue weighted by atomic mass is 32.2. The molecular weight excluding hydrogens is 290 g/mol. The zero-order valence-corrected chi connectivity index (χ0v) is 12.1. The maximum absolute atomic E-state index is 10.8. The molecule has 0 aliphatic heterocycles. The summed E-state index contributed by atoms with van der Waals surface area (Å²) in [6, 6.07) is 11.7. The number of carbonyl (C=O) groups is 1. The van der Waals surface area contributed by atoms with Gasteiger partial charge in [0, 0.05) is 16.6 Å². The van der Waals surface area contributed by atoms with E-state index in [2.05, 4.69) is 22.5 Å². The third-order valence-corrected chi connectivity index (χ3v) is 4.92. The number of hydrogen-bond acceptors (Lipinski definition) is 4. The Kier molecular flexibility index (Phi) is 3.71. The molecule has 3 nitrogen and oxygen atoms in total. The lowest BCUT2D eigenvalue weighted by molar-refractivity contribution is 0.0696. The molecule has 0 aliphatic carbocycles. The van der Waals surface area contributed by atoms with E-state index < -0.39 is 5.97 Å². The molecule has 20 heavy (non-hydrogen) atoms. The maximum Gasteiger partial charge on any atom is 0.337 e. The lowest BCUT2D eigenvalue weighted by atomic mass is 10.2. The van der Waals surface area contributed by atoms with Crippen LogP contribution in [0.2, 0.25) is 0 Å². The van der Waals surface area contributed by atoms with Crippen molar-refractivity contribution in [3.05, 3.63) is 59.1 Å². The Bertz CT molecular complexity index is 750. The molecule has 0 amide bonds. The first-order valence-corrected chi connectivity index (χ1v) is 7.88. The van der Waals surface area contributed by atoms with Gasteiger partial charge in [-0.2, -0.15) is 0 Å². The Labute approximate surface area is 124 Å². The van der Waals surface area contributed by atoms with Gasteiger partial charge in [0.2, 0.25) is 0 Å². The van der Waals surface area contributed by atoms with E-state index in [-0.39, 0.29) is 5.56 Å². The van der Waals surface area contributed by atoms with Crippen LogP contribution in [-0.4, -0.2) is 16.1 Å². The molecule has 0 fully saturated rings. The number of benzene rings is 1. The minimum atomic E-state index is -0.946. The number of fused-ring (bicyclic) bond motifs is 1. The predicted octanol–water partition coefficient (Wildman–Crippen LogP) is 4.29. The monoisotopic (exact) mass is 301 g/mol. The first-order chi connectivity index (χ1) is 9.74. The number of aromatic nitrogens is 1. The Morgan fingerprint density at radius 3 is 2.85 bits per heavy atom. The van der Waals surface area contributed by atoms with Gasteiger partial charge in [0.05, 0.1) is 10.6 Å². The number of thioether (sulfide) groups is 1. The molecule has 0 aliphatic rings. The molecular formula is C15H11NO2S2. The number of aromatic carboxylic acids is 1. The molecule has 5 heteroatoms. The molecule has 2 heterocycles. The third-order valence-electron chi connectivity index (χ3n) is 2.92. The summed E-state index contributed by atoms with van der Waals surface area (Å²) in [5.74, 6) is -0.110. The second-order valence-corrected chi connectivity index (χ2v) is 6.14. The molecule has 0 saturated carbocycles. The Morgan fingerprint density at radius 1 is 1.25 bits per heavy atom. The summed E-state index contributed by atoms with van der Waals surface area (Å²) >= 11 is 3.36. The lowest BCUT2D eigenvalue weighted by Gasteiger charge is -2.01. The van der Waals surface area contributed by atoms with Crippen LogP contribution in [0.4, 0.5) is 0 Å². The van der Waals surface area contributed by atoms with Gasteiger partial charge < -0.3 is 5.11 Å². The molecule has 2 aromatic heterocycles. The van der Waals surface area contributed by atoms with Gasteiger partial charge >= 0.3 is 5.97 Å². The number of nitrogens with zero attached hydrogens (tertiary/aromatic N) is 1. The van der Waals surface area contributed by atoms with Gasteiger partial charge in [-0.25, -0.2) is 9.78 Å². The van der Waals surface area contributed by atoms with Crippen LogP contribution in [0.25, 0.3) is 10.1 Å². The quantitative estimate of drug-likeness (QED) is 0.730. The van der Waals surface area contributed by atoms with E-state index in [1.165, 1.54) is 21.8 Å². The largest absolute Gasteiger partial charge is 0.478 e. The second kappa shape index (κ2) is 5.64. The van der Waals surface area contributed by atoms with E-state index >= 15 is 0 Å². The molecule has 0 bridgehead atoms. The third kappa shape index (κ3) is 2.69. The van der Waals surface area contributed by atoms with E-state index in [0.29, 0.717) is 0 Å². The highest BCUT2D eigenvalue weighted by Crippen LogP contribution is 2.30. The van der Waals surface area contributed by atoms with Crippen molar-refractivity contribution in [1.29, 1.82) is 0 Å². The predicted molar refractivity (Wildman–Crippen MR) is 82.6 cm³/mol. The van der Waals surface area contributed by atoms with Gasteiger partial charge in [0.15, 0.2) is 0 Å². The molecule has 3 rings (SSSR count). The van der Waals surface area contributed by atoms with Crippen molar-refractivity contribution >= 4 is 39.2 Å². The molecule has 100 valence electrons. The van der Waals surface area contributed by atoms with E-state index in [1.807, 2.05) is 12.1 Å². The normalized spacial score (nSPS) is 10.8. The first-order valence-electron chi connectivity index (χ1n) is 6.01. The summed E-state index contributed by atoms with van der Waals surface area (Å²) in [7, 11) is 0. The topological polar surface area (TPSA) is 50.2 Å². The minimum Gasteiger partial charge on any atom is -0.478 e. The molecule has 1 N–H and O–H groups in total. The fourth-order valence-corrected chi connectivity index (χ4v) is 3.79. The summed E-state index contributed by atoms with van der Waals surface area (Å²) in [4.78, 5) is 14.9. The Hall–Kier alpha value is -1.85. The second-order valence-electron chi connectivity index (χ2n) is 4.24. The van der Waals surface area contributed by atoms with Gasteiger partial charge in [-0.15, -0.1) is 23.1 Å². The standard InChI is InChI=1S/C15H11NO2S2/c17-15(18)10-5-6-14(16-7-10)20-9-11-8-19-13-4-2-1-3-12(11)13/h1-8H,9H2,(H,17,18). The fraction of sp³-hybridized carbons (Fsp3) is 0.0667. The highest BCUT2D eigenvalue weighted by molar-refractivity contribution is 7.98. The first kappa shape index (κ1) is 13.1. The highest BCUT2D eigenvalue weighted by Gasteiger charge is 2.06. The number of pyridine rings is 1. The summed E-state index contributed by atoms with van der Waals surface area (Å²) in [5.41, 5.74) is 1.51. The molecule has 0 atom stereocenters. The van der Waals surface area contributed by atoms with E-state index in [0.717, 1.165) is 10.8 Å². The van der Waals surface area contributed by atoms with Gasteiger partial charge in [-0.1, -0.05) is 18.2 Å². The summed E-state index contributed by atoms with van der Waals surface area (Å²) in [5, 5.41) is 13.1. The van der Waals surface area contributed by atoms with Crippen LogP contribution in [-0.2, 0) is 5.75 Å². The summed E-state index contributed by atoms with van der Waals surface area (Å²) in [6.45, 7) is 0. The van der Waals surface area contributed by atoms with Gasteiger partial charge in [-0.05, 0) is 34.5 Å². The number of carboxylic acid groups (broad SMARTS) is 1. The molecule has 3 aromatic rings. The average Bonchev–Trinajstić information content (AvgIpc) is 2.89. The van der Waals surface area contributed by atoms with Crippen molar-refractivity contribution in [1.82, 2.24) is 4.98 Å². The zero-order chi connectivity index (χ0) is 13.9. The number of hydrogen-bond donors (Lipinski definition) is 1. The maximum atomic E-state index is 10.8. The molecule has 0 saturated heterocycles. The average molecular weight is 301 g/mol. The van der Waals surface area contributed by atoms with Crippen LogP contribution in [0, 0.1) is 0 Å². The van der Waals surface area contributed by atoms with Gasteiger partial charge in [-0.3, -0.25) is 0 Å². The van der Waals surface area contributed by atoms with E-state index in [4.69, 9.17) is 5.11 Å².